The van der Waals surface area contributed by atoms with Gasteiger partial charge in [-0.15, -0.1) is 11.3 Å². The van der Waals surface area contributed by atoms with Crippen molar-refractivity contribution in [3.05, 3.63) is 29.4 Å². The first kappa shape index (κ1) is 6.61. The molecule has 11 heavy (non-hydrogen) atoms. The van der Waals surface area contributed by atoms with E-state index in [2.05, 4.69) is 0 Å². The average Bonchev–Trinajstić information content (AvgIpc) is 2.40. The molecule has 2 aromatic heterocycles. The number of fused-ring (bicyclic) bond motifs is 1. The first-order chi connectivity index (χ1) is 5.27. The molecular weight excluding hydrogens is 158 g/mol. The van der Waals surface area contributed by atoms with Gasteiger partial charge in [-0.2, -0.15) is 0 Å². The van der Waals surface area contributed by atoms with Crippen LogP contribution in [0.2, 0.25) is 0 Å². The summed E-state index contributed by atoms with van der Waals surface area (Å²) in [4.78, 5) is 12.0. The van der Waals surface area contributed by atoms with E-state index in [1.165, 1.54) is 0 Å². The summed E-state index contributed by atoms with van der Waals surface area (Å²) in [6.45, 7) is 1.58. The van der Waals surface area contributed by atoms with Crippen molar-refractivity contribution < 1.29 is 4.79 Å². The van der Waals surface area contributed by atoms with Crippen molar-refractivity contribution >= 4 is 22.0 Å². The molecule has 56 valence electrons. The predicted octanol–water partition coefficient (Wildman–Crippen LogP) is 2.20. The number of nitrogens with zero attached hydrogens (tertiary/aromatic N) is 1. The zero-order chi connectivity index (χ0) is 7.84. The molecule has 0 saturated heterocycles. The number of rotatable bonds is 1. The normalized spacial score (nSPS) is 10.6. The SMILES string of the molecule is CC(=O)c1cc2sccn2c1. The van der Waals surface area contributed by atoms with Crippen molar-refractivity contribution in [2.45, 2.75) is 6.92 Å². The van der Waals surface area contributed by atoms with Crippen molar-refractivity contribution in [3.63, 3.8) is 0 Å². The van der Waals surface area contributed by atoms with E-state index in [1.54, 1.807) is 18.3 Å². The van der Waals surface area contributed by atoms with Crippen molar-refractivity contribution in [2.24, 2.45) is 0 Å². The molecule has 0 aliphatic heterocycles. The van der Waals surface area contributed by atoms with Crippen LogP contribution in [-0.4, -0.2) is 10.2 Å². The smallest absolute Gasteiger partial charge is 0.161 e. The predicted molar refractivity (Wildman–Crippen MR) is 45.3 cm³/mol. The van der Waals surface area contributed by atoms with Gasteiger partial charge in [0.25, 0.3) is 0 Å². The van der Waals surface area contributed by atoms with Gasteiger partial charge in [0.2, 0.25) is 0 Å². The van der Waals surface area contributed by atoms with Crippen LogP contribution >= 0.6 is 11.3 Å². The van der Waals surface area contributed by atoms with Crippen LogP contribution in [0.5, 0.6) is 0 Å². The van der Waals surface area contributed by atoms with Crippen molar-refractivity contribution in [3.8, 4) is 0 Å². The van der Waals surface area contributed by atoms with Crippen LogP contribution in [0, 0.1) is 0 Å². The molecule has 2 rings (SSSR count). The summed E-state index contributed by atoms with van der Waals surface area (Å²) in [7, 11) is 0. The van der Waals surface area contributed by atoms with E-state index in [4.69, 9.17) is 0 Å². The van der Waals surface area contributed by atoms with Gasteiger partial charge >= 0.3 is 0 Å². The summed E-state index contributed by atoms with van der Waals surface area (Å²) in [5.74, 6) is 0.126. The van der Waals surface area contributed by atoms with E-state index >= 15 is 0 Å². The number of thiazole rings is 1. The molecule has 0 fully saturated rings. The van der Waals surface area contributed by atoms with Crippen molar-refractivity contribution in [1.82, 2.24) is 4.40 Å². The largest absolute Gasteiger partial charge is 0.314 e. The lowest BCUT2D eigenvalue weighted by atomic mass is 10.2. The second kappa shape index (κ2) is 2.20. The number of carbonyl (C=O) groups excluding carboxylic acids is 1. The summed E-state index contributed by atoms with van der Waals surface area (Å²) >= 11 is 1.64. The quantitative estimate of drug-likeness (QED) is 0.593. The summed E-state index contributed by atoms with van der Waals surface area (Å²) in [5, 5.41) is 2.00. The van der Waals surface area contributed by atoms with Crippen LogP contribution in [0.4, 0.5) is 0 Å². The highest BCUT2D eigenvalue weighted by Gasteiger charge is 2.02. The third kappa shape index (κ3) is 0.973. The molecule has 0 aromatic carbocycles. The van der Waals surface area contributed by atoms with Crippen LogP contribution in [-0.2, 0) is 0 Å². The van der Waals surface area contributed by atoms with Crippen LogP contribution in [0.1, 0.15) is 17.3 Å². The topological polar surface area (TPSA) is 21.5 Å². The molecule has 2 aromatic rings. The van der Waals surface area contributed by atoms with E-state index in [0.717, 1.165) is 10.4 Å². The number of aromatic nitrogens is 1. The molecule has 2 nitrogen and oxygen atoms in total. The Morgan fingerprint density at radius 1 is 1.64 bits per heavy atom. The monoisotopic (exact) mass is 165 g/mol. The van der Waals surface area contributed by atoms with E-state index in [-0.39, 0.29) is 5.78 Å². The minimum absolute atomic E-state index is 0.126. The molecule has 0 aliphatic carbocycles. The molecular formula is C8H7NOS. The molecule has 0 N–H and O–H groups in total. The van der Waals surface area contributed by atoms with Crippen LogP contribution in [0.25, 0.3) is 4.83 Å². The van der Waals surface area contributed by atoms with E-state index in [9.17, 15) is 4.79 Å². The molecule has 0 spiro atoms. The number of ketones is 1. The third-order valence-corrected chi connectivity index (χ3v) is 2.46. The summed E-state index contributed by atoms with van der Waals surface area (Å²) < 4.78 is 1.96. The second-order valence-corrected chi connectivity index (χ2v) is 3.36. The maximum atomic E-state index is 10.9. The molecule has 0 atom stereocenters. The third-order valence-electron chi connectivity index (χ3n) is 1.63. The van der Waals surface area contributed by atoms with Gasteiger partial charge in [0.1, 0.15) is 0 Å². The first-order valence-electron chi connectivity index (χ1n) is 3.33. The van der Waals surface area contributed by atoms with Gasteiger partial charge in [-0.1, -0.05) is 0 Å². The van der Waals surface area contributed by atoms with Gasteiger partial charge < -0.3 is 4.40 Å². The summed E-state index contributed by atoms with van der Waals surface area (Å²) in [5.41, 5.74) is 0.789. The van der Waals surface area contributed by atoms with Crippen molar-refractivity contribution in [2.75, 3.05) is 0 Å². The number of hydrogen-bond donors (Lipinski definition) is 0. The molecule has 0 radical (unpaired) electrons. The standard InChI is InChI=1S/C8H7NOS/c1-6(10)7-4-8-9(5-7)2-3-11-8/h2-5H,1H3. The van der Waals surface area contributed by atoms with Gasteiger partial charge in [0, 0.05) is 23.3 Å². The number of Topliss-reactive ketones (excluding diaryl/α,β-unsaturated/α-hetero) is 1. The molecule has 0 aliphatic rings. The average molecular weight is 165 g/mol. The lowest BCUT2D eigenvalue weighted by Gasteiger charge is -1.81. The van der Waals surface area contributed by atoms with Gasteiger partial charge in [-0.05, 0) is 13.0 Å². The van der Waals surface area contributed by atoms with Gasteiger partial charge in [0.15, 0.2) is 5.78 Å². The van der Waals surface area contributed by atoms with E-state index < -0.39 is 0 Å². The second-order valence-electron chi connectivity index (χ2n) is 2.43. The summed E-state index contributed by atoms with van der Waals surface area (Å²) in [6.07, 6.45) is 3.81. The summed E-state index contributed by atoms with van der Waals surface area (Å²) in [6, 6.07) is 1.91. The number of carbonyl (C=O) groups is 1. The van der Waals surface area contributed by atoms with Crippen LogP contribution in [0.3, 0.4) is 0 Å². The Labute approximate surface area is 68.1 Å². The minimum atomic E-state index is 0.126. The van der Waals surface area contributed by atoms with Crippen molar-refractivity contribution in [1.29, 1.82) is 0 Å². The zero-order valence-electron chi connectivity index (χ0n) is 6.07. The fraction of sp³-hybridized carbons (Fsp3) is 0.125. The van der Waals surface area contributed by atoms with E-state index in [0.29, 0.717) is 0 Å². The molecule has 0 amide bonds. The Kier molecular flexibility index (Phi) is 1.32. The van der Waals surface area contributed by atoms with Crippen LogP contribution < -0.4 is 0 Å². The molecule has 0 bridgehead atoms. The Hall–Kier alpha value is -1.09. The maximum Gasteiger partial charge on any atom is 0.161 e. The Morgan fingerprint density at radius 2 is 2.45 bits per heavy atom. The Bertz CT molecular complexity index is 370. The molecule has 3 heteroatoms. The minimum Gasteiger partial charge on any atom is -0.314 e. The van der Waals surface area contributed by atoms with Crippen LogP contribution in [0.15, 0.2) is 23.8 Å². The molecule has 0 saturated carbocycles. The highest BCUT2D eigenvalue weighted by atomic mass is 32.1. The highest BCUT2D eigenvalue weighted by molar-refractivity contribution is 7.15. The van der Waals surface area contributed by atoms with E-state index in [1.807, 2.05) is 28.2 Å². The maximum absolute atomic E-state index is 10.9. The fourth-order valence-corrected chi connectivity index (χ4v) is 1.79. The van der Waals surface area contributed by atoms with Gasteiger partial charge in [-0.25, -0.2) is 0 Å². The Morgan fingerprint density at radius 3 is 3.09 bits per heavy atom. The highest BCUT2D eigenvalue weighted by Crippen LogP contribution is 2.15. The number of hydrogen-bond acceptors (Lipinski definition) is 2. The van der Waals surface area contributed by atoms with Gasteiger partial charge in [0.05, 0.1) is 4.83 Å². The first-order valence-corrected chi connectivity index (χ1v) is 4.21. The zero-order valence-corrected chi connectivity index (χ0v) is 6.89. The molecule has 0 unspecified atom stereocenters. The lowest BCUT2D eigenvalue weighted by molar-refractivity contribution is 0.101. The molecule has 2 heterocycles. The van der Waals surface area contributed by atoms with Gasteiger partial charge in [-0.3, -0.25) is 4.79 Å². The fourth-order valence-electron chi connectivity index (χ4n) is 1.03. The lowest BCUT2D eigenvalue weighted by Crippen LogP contribution is -1.86. The Balaban J connectivity index is 2.67.